The first kappa shape index (κ1) is 31.9. The highest BCUT2D eigenvalue weighted by Crippen LogP contribution is 2.40. The maximum Gasteiger partial charge on any atom is 0.314 e. The van der Waals surface area contributed by atoms with E-state index in [2.05, 4.69) is 20.8 Å². The van der Waals surface area contributed by atoms with E-state index in [0.717, 1.165) is 16.9 Å². The molecule has 0 spiro atoms. The van der Waals surface area contributed by atoms with Gasteiger partial charge in [-0.1, -0.05) is 20.8 Å². The predicted octanol–water partition coefficient (Wildman–Crippen LogP) is 8.16. The molecule has 0 radical (unpaired) electrons. The fraction of sp³-hybridized carbons (Fsp3) is 0.515. The lowest BCUT2D eigenvalue weighted by atomic mass is 9.85. The van der Waals surface area contributed by atoms with Crippen molar-refractivity contribution < 1.29 is 28.5 Å². The second-order valence-electron chi connectivity index (χ2n) is 13.7. The second-order valence-corrected chi connectivity index (χ2v) is 13.7. The summed E-state index contributed by atoms with van der Waals surface area (Å²) in [5.74, 6) is 1.41. The van der Waals surface area contributed by atoms with Gasteiger partial charge in [-0.15, -0.1) is 0 Å². The minimum Gasteiger partial charge on any atom is -0.488 e. The Balaban J connectivity index is 2.31. The Hall–Kier alpha value is -3.28. The summed E-state index contributed by atoms with van der Waals surface area (Å²) in [5, 5.41) is 0. The van der Waals surface area contributed by atoms with Gasteiger partial charge in [0, 0.05) is 22.8 Å². The van der Waals surface area contributed by atoms with Crippen LogP contribution in [0, 0.1) is 5.41 Å². The van der Waals surface area contributed by atoms with Crippen LogP contribution in [0.4, 0.5) is 0 Å². The molecule has 2 aromatic carbocycles. The third-order valence-corrected chi connectivity index (χ3v) is 5.33. The van der Waals surface area contributed by atoms with Gasteiger partial charge in [-0.3, -0.25) is 9.59 Å². The normalized spacial score (nSPS) is 12.8. The lowest BCUT2D eigenvalue weighted by Gasteiger charge is -2.30. The van der Waals surface area contributed by atoms with E-state index in [1.807, 2.05) is 53.7 Å². The third kappa shape index (κ3) is 10.4. The topological polar surface area (TPSA) is 71.1 Å². The highest BCUT2D eigenvalue weighted by Gasteiger charge is 2.26. The minimum atomic E-state index is -0.600. The monoisotopic (exact) mass is 538 g/mol. The lowest BCUT2D eigenvalue weighted by Crippen LogP contribution is -2.27. The quantitative estimate of drug-likeness (QED) is 0.146. The molecule has 0 saturated heterocycles. The number of rotatable bonds is 8. The molecule has 0 aliphatic carbocycles. The van der Waals surface area contributed by atoms with Gasteiger partial charge in [0.15, 0.2) is 5.78 Å². The molecular formula is C33H46O6. The largest absolute Gasteiger partial charge is 0.488 e. The molecule has 6 heteroatoms. The summed E-state index contributed by atoms with van der Waals surface area (Å²) in [5.41, 5.74) is 0.723. The molecule has 0 N–H and O–H groups in total. The highest BCUT2D eigenvalue weighted by atomic mass is 16.7. The summed E-state index contributed by atoms with van der Waals surface area (Å²) in [6.45, 7) is 23.6. The van der Waals surface area contributed by atoms with E-state index in [1.54, 1.807) is 57.2 Å². The summed E-state index contributed by atoms with van der Waals surface area (Å²) in [4.78, 5) is 24.9. The van der Waals surface area contributed by atoms with Gasteiger partial charge in [0.05, 0.1) is 5.41 Å². The van der Waals surface area contributed by atoms with Crippen molar-refractivity contribution in [2.75, 3.05) is 6.79 Å². The molecule has 0 aliphatic heterocycles. The van der Waals surface area contributed by atoms with Crippen molar-refractivity contribution in [1.82, 2.24) is 0 Å². The van der Waals surface area contributed by atoms with Gasteiger partial charge in [0.25, 0.3) is 0 Å². The first-order chi connectivity index (χ1) is 17.7. The molecule has 0 heterocycles. The average molecular weight is 539 g/mol. The number of esters is 1. The van der Waals surface area contributed by atoms with E-state index in [1.165, 1.54) is 0 Å². The van der Waals surface area contributed by atoms with Crippen LogP contribution < -0.4 is 14.2 Å². The van der Waals surface area contributed by atoms with Crippen molar-refractivity contribution in [3.63, 3.8) is 0 Å². The molecular weight excluding hydrogens is 492 g/mol. The Morgan fingerprint density at radius 1 is 0.744 bits per heavy atom. The highest BCUT2D eigenvalue weighted by molar-refractivity contribution is 6.07. The van der Waals surface area contributed by atoms with Gasteiger partial charge in [-0.25, -0.2) is 0 Å². The van der Waals surface area contributed by atoms with Crippen molar-refractivity contribution in [2.45, 2.75) is 99.7 Å². The summed E-state index contributed by atoms with van der Waals surface area (Å²) in [7, 11) is 0. The number of carbonyl (C=O) groups is 2. The van der Waals surface area contributed by atoms with E-state index in [9.17, 15) is 9.59 Å². The van der Waals surface area contributed by atoms with Crippen LogP contribution in [0.5, 0.6) is 17.2 Å². The molecule has 0 atom stereocenters. The zero-order chi connectivity index (χ0) is 29.8. The number of carbonyl (C=O) groups excluding carboxylic acids is 2. The lowest BCUT2D eigenvalue weighted by molar-refractivity contribution is -0.159. The van der Waals surface area contributed by atoms with Crippen molar-refractivity contribution in [1.29, 1.82) is 0 Å². The maximum absolute atomic E-state index is 13.0. The first-order valence-corrected chi connectivity index (χ1v) is 13.3. The van der Waals surface area contributed by atoms with E-state index < -0.39 is 11.0 Å². The van der Waals surface area contributed by atoms with Crippen LogP contribution in [-0.2, 0) is 14.9 Å². The fourth-order valence-electron chi connectivity index (χ4n) is 3.47. The second kappa shape index (κ2) is 11.8. The van der Waals surface area contributed by atoms with E-state index in [-0.39, 0.29) is 29.6 Å². The van der Waals surface area contributed by atoms with E-state index in [4.69, 9.17) is 18.9 Å². The Morgan fingerprint density at radius 3 is 1.77 bits per heavy atom. The SMILES string of the molecule is CC(C)(C)Oc1cc(OC(C)(C)C)c(C(C)(C)C)cc1/C=C/C(=O)c1ccc(OCOC(=O)C(C)(C)C)cc1. The van der Waals surface area contributed by atoms with Gasteiger partial charge >= 0.3 is 5.97 Å². The molecule has 0 saturated carbocycles. The zero-order valence-corrected chi connectivity index (χ0v) is 25.8. The fourth-order valence-corrected chi connectivity index (χ4v) is 3.47. The van der Waals surface area contributed by atoms with Gasteiger partial charge in [-0.05, 0) is 110 Å². The number of ketones is 1. The predicted molar refractivity (Wildman–Crippen MR) is 157 cm³/mol. The van der Waals surface area contributed by atoms with Crippen LogP contribution >= 0.6 is 0 Å². The Morgan fingerprint density at radius 2 is 1.28 bits per heavy atom. The number of allylic oxidation sites excluding steroid dienone is 1. The van der Waals surface area contributed by atoms with Crippen LogP contribution in [0.2, 0.25) is 0 Å². The van der Waals surface area contributed by atoms with Crippen LogP contribution in [0.1, 0.15) is 105 Å². The van der Waals surface area contributed by atoms with Gasteiger partial charge in [-0.2, -0.15) is 0 Å². The number of hydrogen-bond acceptors (Lipinski definition) is 6. The minimum absolute atomic E-state index is 0.158. The summed E-state index contributed by atoms with van der Waals surface area (Å²) in [6.07, 6.45) is 3.33. The number of hydrogen-bond donors (Lipinski definition) is 0. The van der Waals surface area contributed by atoms with E-state index in [0.29, 0.717) is 17.1 Å². The third-order valence-electron chi connectivity index (χ3n) is 5.33. The van der Waals surface area contributed by atoms with Crippen molar-refractivity contribution in [2.24, 2.45) is 5.41 Å². The standard InChI is InChI=1S/C33H46O6/c1-30(2,3)25-19-23(27(38-32(7,8)9)20-28(25)39-33(10,11)12)15-18-26(34)22-13-16-24(17-14-22)36-21-37-29(35)31(4,5)6/h13-20H,21H2,1-12H3/b18-15+. The summed E-state index contributed by atoms with van der Waals surface area (Å²) in [6, 6.07) is 10.7. The van der Waals surface area contributed by atoms with Crippen LogP contribution in [0.25, 0.3) is 6.08 Å². The molecule has 0 amide bonds. The van der Waals surface area contributed by atoms with Crippen molar-refractivity contribution >= 4 is 17.8 Å². The average Bonchev–Trinajstić information content (AvgIpc) is 2.75. The summed E-state index contributed by atoms with van der Waals surface area (Å²) >= 11 is 0. The molecule has 0 aliphatic rings. The van der Waals surface area contributed by atoms with Gasteiger partial charge in [0.2, 0.25) is 6.79 Å². The zero-order valence-electron chi connectivity index (χ0n) is 25.8. The molecule has 214 valence electrons. The smallest absolute Gasteiger partial charge is 0.314 e. The van der Waals surface area contributed by atoms with Gasteiger partial charge in [0.1, 0.15) is 28.5 Å². The number of ether oxygens (including phenoxy) is 4. The van der Waals surface area contributed by atoms with E-state index >= 15 is 0 Å². The van der Waals surface area contributed by atoms with Crippen LogP contribution in [0.15, 0.2) is 42.5 Å². The molecule has 39 heavy (non-hydrogen) atoms. The Kier molecular flexibility index (Phi) is 9.70. The molecule has 0 bridgehead atoms. The van der Waals surface area contributed by atoms with Crippen molar-refractivity contribution in [3.8, 4) is 17.2 Å². The molecule has 0 aromatic heterocycles. The maximum atomic E-state index is 13.0. The molecule has 0 fully saturated rings. The van der Waals surface area contributed by atoms with Crippen LogP contribution in [0.3, 0.4) is 0 Å². The first-order valence-electron chi connectivity index (χ1n) is 13.3. The molecule has 2 rings (SSSR count). The van der Waals surface area contributed by atoms with Crippen molar-refractivity contribution in [3.05, 3.63) is 59.2 Å². The molecule has 6 nitrogen and oxygen atoms in total. The Labute approximate surface area is 234 Å². The number of benzene rings is 2. The Bertz CT molecular complexity index is 1180. The molecule has 0 unspecified atom stereocenters. The van der Waals surface area contributed by atoms with Crippen LogP contribution in [-0.4, -0.2) is 29.7 Å². The molecule has 2 aromatic rings. The summed E-state index contributed by atoms with van der Waals surface area (Å²) < 4.78 is 23.2. The van der Waals surface area contributed by atoms with Gasteiger partial charge < -0.3 is 18.9 Å².